The van der Waals surface area contributed by atoms with Crippen molar-refractivity contribution >= 4 is 27.8 Å². The number of rotatable bonds is 4. The van der Waals surface area contributed by atoms with Gasteiger partial charge in [-0.2, -0.15) is 0 Å². The predicted octanol–water partition coefficient (Wildman–Crippen LogP) is 3.74. The summed E-state index contributed by atoms with van der Waals surface area (Å²) >= 11 is 0. The second-order valence-electron chi connectivity index (χ2n) is 6.44. The molecule has 0 spiro atoms. The lowest BCUT2D eigenvalue weighted by atomic mass is 9.87. The normalized spacial score (nSPS) is 12.2. The summed E-state index contributed by atoms with van der Waals surface area (Å²) in [6, 6.07) is 15.9. The smallest absolute Gasteiger partial charge is 0.343 e. The summed E-state index contributed by atoms with van der Waals surface area (Å²) in [6.07, 6.45) is 1.58. The molecule has 0 saturated heterocycles. The fourth-order valence-electron chi connectivity index (χ4n) is 3.40. The Morgan fingerprint density at radius 3 is 2.82 bits per heavy atom. The van der Waals surface area contributed by atoms with Crippen LogP contribution in [-0.2, 0) is 9.53 Å². The van der Waals surface area contributed by atoms with Crippen molar-refractivity contribution in [2.24, 2.45) is 0 Å². The molecule has 4 rings (SSSR count). The maximum Gasteiger partial charge on any atom is 0.343 e. The van der Waals surface area contributed by atoms with Crippen LogP contribution in [0.1, 0.15) is 23.5 Å². The van der Waals surface area contributed by atoms with E-state index in [4.69, 9.17) is 9.15 Å². The highest BCUT2D eigenvalue weighted by atomic mass is 16.5. The first-order valence-corrected chi connectivity index (χ1v) is 8.74. The second-order valence-corrected chi connectivity index (χ2v) is 6.44. The van der Waals surface area contributed by atoms with Crippen LogP contribution < -0.4 is 5.63 Å². The van der Waals surface area contributed by atoms with Gasteiger partial charge in [-0.3, -0.25) is 9.78 Å². The average Bonchev–Trinajstić information content (AvgIpc) is 2.72. The minimum atomic E-state index is -0.724. The second kappa shape index (κ2) is 7.15. The molecule has 2 aromatic carbocycles. The van der Waals surface area contributed by atoms with Gasteiger partial charge in [0.25, 0.3) is 0 Å². The van der Waals surface area contributed by atoms with Crippen molar-refractivity contribution < 1.29 is 19.1 Å². The largest absolute Gasteiger partial charge is 0.507 e. The van der Waals surface area contributed by atoms with Crippen LogP contribution in [0.15, 0.2) is 70.0 Å². The zero-order valence-electron chi connectivity index (χ0n) is 15.1. The standard InChI is InChI=1S/C22H17NO5/c1-27-19(24)12-16(13-8-9-17-14(11-13)5-4-10-23-17)20-21(25)15-6-2-3-7-18(15)28-22(20)26/h2-11,16,25H,12H2,1H3/t16-/m1/s1. The van der Waals surface area contributed by atoms with Crippen LogP contribution in [0.25, 0.3) is 21.9 Å². The van der Waals surface area contributed by atoms with Crippen LogP contribution in [-0.4, -0.2) is 23.2 Å². The van der Waals surface area contributed by atoms with E-state index >= 15 is 0 Å². The Hall–Kier alpha value is -3.67. The van der Waals surface area contributed by atoms with E-state index in [0.29, 0.717) is 10.9 Å². The molecule has 1 atom stereocenters. The van der Waals surface area contributed by atoms with Gasteiger partial charge in [0.1, 0.15) is 11.3 Å². The van der Waals surface area contributed by atoms with Gasteiger partial charge in [0.05, 0.1) is 30.0 Å². The molecule has 0 amide bonds. The molecular weight excluding hydrogens is 358 g/mol. The van der Waals surface area contributed by atoms with Gasteiger partial charge < -0.3 is 14.3 Å². The average molecular weight is 375 g/mol. The molecule has 28 heavy (non-hydrogen) atoms. The molecule has 0 aliphatic heterocycles. The molecule has 0 aliphatic rings. The summed E-state index contributed by atoms with van der Waals surface area (Å²) in [5.41, 5.74) is 1.11. The molecule has 2 heterocycles. The number of ether oxygens (including phenoxy) is 1. The number of esters is 1. The number of fused-ring (bicyclic) bond motifs is 2. The molecule has 1 N–H and O–H groups in total. The Morgan fingerprint density at radius 1 is 1.18 bits per heavy atom. The number of pyridine rings is 1. The highest BCUT2D eigenvalue weighted by molar-refractivity contribution is 5.85. The van der Waals surface area contributed by atoms with E-state index < -0.39 is 17.5 Å². The highest BCUT2D eigenvalue weighted by Crippen LogP contribution is 2.36. The van der Waals surface area contributed by atoms with Crippen molar-refractivity contribution in [3.63, 3.8) is 0 Å². The number of nitrogens with zero attached hydrogens (tertiary/aromatic N) is 1. The van der Waals surface area contributed by atoms with Crippen molar-refractivity contribution in [1.29, 1.82) is 0 Å². The van der Waals surface area contributed by atoms with Gasteiger partial charge in [0.15, 0.2) is 0 Å². The van der Waals surface area contributed by atoms with E-state index in [-0.39, 0.29) is 23.3 Å². The Morgan fingerprint density at radius 2 is 2.00 bits per heavy atom. The topological polar surface area (TPSA) is 89.6 Å². The maximum absolute atomic E-state index is 12.7. The third-order valence-corrected chi connectivity index (χ3v) is 4.80. The quantitative estimate of drug-likeness (QED) is 0.432. The fourth-order valence-corrected chi connectivity index (χ4v) is 3.40. The molecule has 6 nitrogen and oxygen atoms in total. The lowest BCUT2D eigenvalue weighted by Crippen LogP contribution is -2.18. The molecule has 0 aliphatic carbocycles. The van der Waals surface area contributed by atoms with E-state index in [1.165, 1.54) is 7.11 Å². The molecule has 4 aromatic rings. The molecule has 0 bridgehead atoms. The number of aromatic nitrogens is 1. The number of aromatic hydroxyl groups is 1. The molecule has 0 unspecified atom stereocenters. The number of carbonyl (C=O) groups excluding carboxylic acids is 1. The van der Waals surface area contributed by atoms with E-state index in [1.807, 2.05) is 24.3 Å². The Labute approximate surface area is 160 Å². The van der Waals surface area contributed by atoms with Crippen LogP contribution in [0, 0.1) is 0 Å². The van der Waals surface area contributed by atoms with Gasteiger partial charge >= 0.3 is 11.6 Å². The van der Waals surface area contributed by atoms with Crippen LogP contribution in [0.3, 0.4) is 0 Å². The lowest BCUT2D eigenvalue weighted by molar-refractivity contribution is -0.140. The summed E-state index contributed by atoms with van der Waals surface area (Å²) in [5, 5.41) is 12.1. The molecule has 140 valence electrons. The van der Waals surface area contributed by atoms with E-state index in [2.05, 4.69) is 4.98 Å². The van der Waals surface area contributed by atoms with Crippen LogP contribution in [0.2, 0.25) is 0 Å². The van der Waals surface area contributed by atoms with Crippen molar-refractivity contribution in [3.8, 4) is 5.75 Å². The first kappa shape index (κ1) is 17.7. The number of carbonyl (C=O) groups is 1. The number of methoxy groups -OCH3 is 1. The number of hydrogen-bond donors (Lipinski definition) is 1. The molecule has 0 saturated carbocycles. The summed E-state index contributed by atoms with van der Waals surface area (Å²) in [5.74, 6) is -1.41. The number of para-hydroxylation sites is 1. The molecule has 6 heteroatoms. The van der Waals surface area contributed by atoms with E-state index in [0.717, 1.165) is 10.9 Å². The minimum absolute atomic E-state index is 0.0346. The van der Waals surface area contributed by atoms with Gasteiger partial charge in [0.2, 0.25) is 0 Å². The molecule has 2 aromatic heterocycles. The summed E-state index contributed by atoms with van der Waals surface area (Å²) in [4.78, 5) is 29.1. The van der Waals surface area contributed by atoms with Gasteiger partial charge in [0, 0.05) is 17.5 Å². The first-order chi connectivity index (χ1) is 13.6. The van der Waals surface area contributed by atoms with Crippen molar-refractivity contribution in [2.45, 2.75) is 12.3 Å². The van der Waals surface area contributed by atoms with Gasteiger partial charge in [-0.25, -0.2) is 4.79 Å². The SMILES string of the molecule is COC(=O)C[C@H](c1ccc2ncccc2c1)c1c(O)c2ccccc2oc1=O. The Kier molecular flexibility index (Phi) is 4.53. The molecule has 0 radical (unpaired) electrons. The molecular formula is C22H17NO5. The summed E-state index contributed by atoms with van der Waals surface area (Å²) < 4.78 is 10.2. The van der Waals surface area contributed by atoms with Crippen molar-refractivity contribution in [1.82, 2.24) is 4.98 Å². The number of hydrogen-bond acceptors (Lipinski definition) is 6. The summed E-state index contributed by atoms with van der Waals surface area (Å²) in [7, 11) is 1.28. The van der Waals surface area contributed by atoms with E-state index in [1.54, 1.807) is 36.5 Å². The van der Waals surface area contributed by atoms with Gasteiger partial charge in [-0.15, -0.1) is 0 Å². The zero-order valence-corrected chi connectivity index (χ0v) is 15.1. The van der Waals surface area contributed by atoms with Gasteiger partial charge in [-0.1, -0.05) is 24.3 Å². The van der Waals surface area contributed by atoms with Crippen LogP contribution in [0.5, 0.6) is 5.75 Å². The Balaban J connectivity index is 1.95. The van der Waals surface area contributed by atoms with Crippen molar-refractivity contribution in [3.05, 3.63) is 82.3 Å². The Bertz CT molecular complexity index is 1240. The maximum atomic E-state index is 12.7. The zero-order chi connectivity index (χ0) is 19.7. The van der Waals surface area contributed by atoms with Crippen LogP contribution >= 0.6 is 0 Å². The van der Waals surface area contributed by atoms with Crippen molar-refractivity contribution in [2.75, 3.05) is 7.11 Å². The number of benzene rings is 2. The first-order valence-electron chi connectivity index (χ1n) is 8.74. The third-order valence-electron chi connectivity index (χ3n) is 4.80. The molecule has 0 fully saturated rings. The van der Waals surface area contributed by atoms with Gasteiger partial charge in [-0.05, 0) is 35.9 Å². The fraction of sp³-hybridized carbons (Fsp3) is 0.136. The monoisotopic (exact) mass is 375 g/mol. The third kappa shape index (κ3) is 3.09. The lowest BCUT2D eigenvalue weighted by Gasteiger charge is -2.18. The summed E-state index contributed by atoms with van der Waals surface area (Å²) in [6.45, 7) is 0. The minimum Gasteiger partial charge on any atom is -0.507 e. The highest BCUT2D eigenvalue weighted by Gasteiger charge is 2.27. The van der Waals surface area contributed by atoms with Crippen LogP contribution in [0.4, 0.5) is 0 Å². The predicted molar refractivity (Wildman–Crippen MR) is 104 cm³/mol. The van der Waals surface area contributed by atoms with E-state index in [9.17, 15) is 14.7 Å².